The molecule has 3 aliphatic heterocycles. The van der Waals surface area contributed by atoms with Gasteiger partial charge in [-0.05, 0) is 57.6 Å². The van der Waals surface area contributed by atoms with E-state index in [1.54, 1.807) is 4.90 Å². The van der Waals surface area contributed by atoms with Crippen LogP contribution in [0.5, 0.6) is 0 Å². The number of ether oxygens (including phenoxy) is 2. The molecule has 2 unspecified atom stereocenters. The number of carbonyl (C=O) groups excluding carboxylic acids is 3. The average molecular weight is 486 g/mol. The fourth-order valence-corrected chi connectivity index (χ4v) is 6.51. The maximum absolute atomic E-state index is 13.0. The molecule has 192 valence electrons. The van der Waals surface area contributed by atoms with Crippen molar-refractivity contribution in [2.45, 2.75) is 94.9 Å². The number of carbonyl (C=O) groups is 3. The van der Waals surface area contributed by atoms with Gasteiger partial charge in [-0.15, -0.1) is 0 Å². The number of nitrogens with zero attached hydrogens (tertiary/aromatic N) is 2. The summed E-state index contributed by atoms with van der Waals surface area (Å²) in [6.07, 6.45) is 13.4. The van der Waals surface area contributed by atoms with Crippen molar-refractivity contribution in [1.82, 2.24) is 15.1 Å². The van der Waals surface area contributed by atoms with Crippen LogP contribution in [0.15, 0.2) is 23.5 Å². The third-order valence-corrected chi connectivity index (χ3v) is 8.89. The van der Waals surface area contributed by atoms with Crippen molar-refractivity contribution >= 4 is 17.7 Å². The van der Waals surface area contributed by atoms with E-state index in [0.29, 0.717) is 25.4 Å². The molecule has 5 aliphatic rings. The van der Waals surface area contributed by atoms with Gasteiger partial charge in [0.2, 0.25) is 11.8 Å². The number of nitrogens with one attached hydrogen (secondary N) is 1. The Morgan fingerprint density at radius 2 is 1.80 bits per heavy atom. The summed E-state index contributed by atoms with van der Waals surface area (Å²) in [6.45, 7) is 4.79. The second-order valence-corrected chi connectivity index (χ2v) is 11.1. The van der Waals surface area contributed by atoms with Gasteiger partial charge >= 0.3 is 0 Å². The summed E-state index contributed by atoms with van der Waals surface area (Å²) >= 11 is 0. The molecule has 2 aliphatic carbocycles. The number of piperidine rings is 2. The Labute approximate surface area is 208 Å². The molecule has 3 heterocycles. The summed E-state index contributed by atoms with van der Waals surface area (Å²) in [4.78, 5) is 41.2. The van der Waals surface area contributed by atoms with Crippen molar-refractivity contribution in [3.05, 3.63) is 23.5 Å². The van der Waals surface area contributed by atoms with E-state index >= 15 is 0 Å². The fourth-order valence-electron chi connectivity index (χ4n) is 6.51. The third kappa shape index (κ3) is 5.05. The lowest BCUT2D eigenvalue weighted by molar-refractivity contribution is -0.142. The minimum atomic E-state index is -0.556. The Hall–Kier alpha value is -2.19. The van der Waals surface area contributed by atoms with E-state index < -0.39 is 6.04 Å². The van der Waals surface area contributed by atoms with Gasteiger partial charge in [-0.3, -0.25) is 24.6 Å². The highest BCUT2D eigenvalue weighted by molar-refractivity contribution is 6.04. The number of methoxy groups -OCH3 is 1. The predicted molar refractivity (Wildman–Crippen MR) is 130 cm³/mol. The standard InChI is InChI=1S/C27H39N3O5/c1-27(34-2)12-14-29(15-13-27)21-6-4-3-5-7-23(21)35-19-8-9-20-18(16-19)17-30(26(20)33)22-10-11-24(31)28-25(22)32/h8-9,18,21-23H,3-7,10-17H2,1-2H3,(H,28,31,32)/t18?,21-,22?,23+/m0/s1. The van der Waals surface area contributed by atoms with E-state index in [2.05, 4.69) is 17.1 Å². The van der Waals surface area contributed by atoms with Crippen LogP contribution in [-0.4, -0.2) is 78.1 Å². The van der Waals surface area contributed by atoms with Crippen molar-refractivity contribution in [2.75, 3.05) is 26.7 Å². The van der Waals surface area contributed by atoms with Crippen LogP contribution in [-0.2, 0) is 23.9 Å². The molecule has 1 saturated carbocycles. The fraction of sp³-hybridized carbons (Fsp3) is 0.741. The van der Waals surface area contributed by atoms with Gasteiger partial charge in [0, 0.05) is 57.1 Å². The molecule has 0 bridgehead atoms. The molecule has 0 aromatic heterocycles. The number of allylic oxidation sites excluding steroid dienone is 3. The molecule has 0 aromatic rings. The van der Waals surface area contributed by atoms with Crippen molar-refractivity contribution in [2.24, 2.45) is 5.92 Å². The highest BCUT2D eigenvalue weighted by atomic mass is 16.5. The Kier molecular flexibility index (Phi) is 7.04. The topological polar surface area (TPSA) is 88.2 Å². The van der Waals surface area contributed by atoms with Gasteiger partial charge in [0.25, 0.3) is 5.91 Å². The second kappa shape index (κ2) is 10.1. The zero-order valence-electron chi connectivity index (χ0n) is 21.1. The maximum atomic E-state index is 13.0. The normalized spacial score (nSPS) is 34.0. The molecule has 1 N–H and O–H groups in total. The zero-order chi connectivity index (χ0) is 24.6. The number of imide groups is 1. The molecule has 5 rings (SSSR count). The lowest BCUT2D eigenvalue weighted by Gasteiger charge is -2.44. The van der Waals surface area contributed by atoms with Gasteiger partial charge in [0.05, 0.1) is 11.4 Å². The summed E-state index contributed by atoms with van der Waals surface area (Å²) in [6, 6.07) is -0.144. The van der Waals surface area contributed by atoms with Crippen molar-refractivity contribution in [3.8, 4) is 0 Å². The van der Waals surface area contributed by atoms with Crippen LogP contribution >= 0.6 is 0 Å². The first kappa shape index (κ1) is 24.5. The number of fused-ring (bicyclic) bond motifs is 1. The average Bonchev–Trinajstić information content (AvgIpc) is 3.00. The lowest BCUT2D eigenvalue weighted by atomic mass is 9.90. The summed E-state index contributed by atoms with van der Waals surface area (Å²) in [5.74, 6) is 0.291. The van der Waals surface area contributed by atoms with Crippen molar-refractivity contribution < 1.29 is 23.9 Å². The number of rotatable bonds is 5. The molecule has 4 fully saturated rings. The second-order valence-electron chi connectivity index (χ2n) is 11.1. The molecule has 8 nitrogen and oxygen atoms in total. The number of hydrogen-bond acceptors (Lipinski definition) is 6. The minimum absolute atomic E-state index is 0.0198. The van der Waals surface area contributed by atoms with Gasteiger partial charge in [-0.25, -0.2) is 0 Å². The van der Waals surface area contributed by atoms with Gasteiger partial charge in [0.1, 0.15) is 12.1 Å². The van der Waals surface area contributed by atoms with E-state index in [1.165, 1.54) is 19.3 Å². The van der Waals surface area contributed by atoms with Crippen LogP contribution in [0, 0.1) is 5.92 Å². The molecule has 4 atom stereocenters. The SMILES string of the molecule is COC1(C)CCN([C@H]2CCCCC[C@H]2OC2=CC=C3C(=O)N(C4CCC(=O)NC4=O)CC3C2)CC1. The first-order valence-electron chi connectivity index (χ1n) is 13.4. The number of likely N-dealkylation sites (tertiary alicyclic amines) is 2. The van der Waals surface area contributed by atoms with Crippen LogP contribution in [0.2, 0.25) is 0 Å². The van der Waals surface area contributed by atoms with E-state index in [0.717, 1.165) is 50.1 Å². The van der Waals surface area contributed by atoms with E-state index in [4.69, 9.17) is 9.47 Å². The molecule has 8 heteroatoms. The Morgan fingerprint density at radius 3 is 2.54 bits per heavy atom. The molecule has 0 radical (unpaired) electrons. The van der Waals surface area contributed by atoms with Crippen LogP contribution in [0.25, 0.3) is 0 Å². The molecular weight excluding hydrogens is 446 g/mol. The van der Waals surface area contributed by atoms with Gasteiger partial charge < -0.3 is 14.4 Å². The van der Waals surface area contributed by atoms with Gasteiger partial charge in [-0.1, -0.05) is 12.8 Å². The quantitative estimate of drug-likeness (QED) is 0.476. The summed E-state index contributed by atoms with van der Waals surface area (Å²) in [7, 11) is 1.82. The summed E-state index contributed by atoms with van der Waals surface area (Å²) in [5.41, 5.74) is 0.739. The highest BCUT2D eigenvalue weighted by Gasteiger charge is 2.44. The van der Waals surface area contributed by atoms with Crippen molar-refractivity contribution in [1.29, 1.82) is 0 Å². The zero-order valence-corrected chi connectivity index (χ0v) is 21.1. The van der Waals surface area contributed by atoms with Crippen LogP contribution in [0.3, 0.4) is 0 Å². The summed E-state index contributed by atoms with van der Waals surface area (Å²) in [5, 5.41) is 2.38. The van der Waals surface area contributed by atoms with Gasteiger partial charge in [-0.2, -0.15) is 0 Å². The lowest BCUT2D eigenvalue weighted by Crippen LogP contribution is -2.53. The van der Waals surface area contributed by atoms with E-state index in [1.807, 2.05) is 19.3 Å². The minimum Gasteiger partial charge on any atom is -0.493 e. The predicted octanol–water partition coefficient (Wildman–Crippen LogP) is 2.68. The number of hydrogen-bond donors (Lipinski definition) is 1. The Morgan fingerprint density at radius 1 is 1.03 bits per heavy atom. The molecule has 0 spiro atoms. The number of amides is 3. The smallest absolute Gasteiger partial charge is 0.250 e. The molecule has 35 heavy (non-hydrogen) atoms. The van der Waals surface area contributed by atoms with E-state index in [9.17, 15) is 14.4 Å². The highest BCUT2D eigenvalue weighted by Crippen LogP contribution is 2.38. The van der Waals surface area contributed by atoms with Crippen LogP contribution in [0.1, 0.15) is 71.1 Å². The van der Waals surface area contributed by atoms with Gasteiger partial charge in [0.15, 0.2) is 0 Å². The monoisotopic (exact) mass is 485 g/mol. The first-order chi connectivity index (χ1) is 16.9. The van der Waals surface area contributed by atoms with Crippen LogP contribution < -0.4 is 5.32 Å². The molecular formula is C27H39N3O5. The maximum Gasteiger partial charge on any atom is 0.250 e. The largest absolute Gasteiger partial charge is 0.493 e. The van der Waals surface area contributed by atoms with Crippen molar-refractivity contribution in [3.63, 3.8) is 0 Å². The molecule has 3 saturated heterocycles. The third-order valence-electron chi connectivity index (χ3n) is 8.89. The molecule has 3 amide bonds. The Bertz CT molecular complexity index is 920. The van der Waals surface area contributed by atoms with Crippen LogP contribution in [0.4, 0.5) is 0 Å². The van der Waals surface area contributed by atoms with E-state index in [-0.39, 0.29) is 41.8 Å². The Balaban J connectivity index is 1.23. The first-order valence-corrected chi connectivity index (χ1v) is 13.4. The molecule has 0 aromatic carbocycles. The summed E-state index contributed by atoms with van der Waals surface area (Å²) < 4.78 is 12.5.